The Morgan fingerprint density at radius 3 is 2.21 bits per heavy atom. The number of hydrogen-bond acceptors (Lipinski definition) is 5. The Morgan fingerprint density at radius 1 is 1.04 bits per heavy atom. The van der Waals surface area contributed by atoms with Gasteiger partial charge in [-0.15, -0.1) is 0 Å². The fraction of sp³-hybridized carbons (Fsp3) is 0.235. The van der Waals surface area contributed by atoms with Gasteiger partial charge < -0.3 is 24.4 Å². The smallest absolute Gasteiger partial charge is 0.407 e. The number of ether oxygens (including phenoxy) is 1. The fourth-order valence-corrected chi connectivity index (χ4v) is 3.18. The lowest BCUT2D eigenvalue weighted by atomic mass is 9.98. The van der Waals surface area contributed by atoms with E-state index in [-0.39, 0.29) is 25.7 Å². The van der Waals surface area contributed by atoms with Crippen molar-refractivity contribution in [3.05, 3.63) is 59.7 Å². The number of fused-ring (bicyclic) bond motifs is 3. The van der Waals surface area contributed by atoms with E-state index in [1.807, 2.05) is 24.3 Å². The van der Waals surface area contributed by atoms with Crippen LogP contribution < -0.4 is 5.32 Å². The highest BCUT2D eigenvalue weighted by Gasteiger charge is 2.28. The lowest BCUT2D eigenvalue weighted by Crippen LogP contribution is -2.28. The van der Waals surface area contributed by atoms with Gasteiger partial charge in [0.1, 0.15) is 6.61 Å². The van der Waals surface area contributed by atoms with Crippen LogP contribution in [0.4, 0.5) is 4.79 Å². The van der Waals surface area contributed by atoms with E-state index in [0.717, 1.165) is 11.1 Å². The Hall–Kier alpha value is -1.98. The second-order valence-electron chi connectivity index (χ2n) is 5.34. The van der Waals surface area contributed by atoms with Crippen LogP contribution in [-0.4, -0.2) is 35.6 Å². The van der Waals surface area contributed by atoms with Gasteiger partial charge >= 0.3 is 14.7 Å². The quantitative estimate of drug-likeness (QED) is 0.552. The van der Waals surface area contributed by atoms with Crippen LogP contribution in [0.3, 0.4) is 0 Å². The molecule has 7 heteroatoms. The summed E-state index contributed by atoms with van der Waals surface area (Å²) in [5.74, 6) is 0.0159. The van der Waals surface area contributed by atoms with Crippen molar-refractivity contribution in [3.8, 4) is 11.1 Å². The molecule has 6 nitrogen and oxygen atoms in total. The Bertz CT molecular complexity index is 676. The first kappa shape index (κ1) is 16.9. The SMILES string of the molecule is O=C(NCCOP(O)O)OCC1c2ccccc2-c2ccccc21. The minimum atomic E-state index is -2.40. The minimum Gasteiger partial charge on any atom is -0.449 e. The Labute approximate surface area is 141 Å². The largest absolute Gasteiger partial charge is 0.449 e. The van der Waals surface area contributed by atoms with Crippen molar-refractivity contribution in [2.75, 3.05) is 19.8 Å². The van der Waals surface area contributed by atoms with Crippen LogP contribution in [0.15, 0.2) is 48.5 Å². The van der Waals surface area contributed by atoms with E-state index in [1.54, 1.807) is 0 Å². The van der Waals surface area contributed by atoms with Crippen molar-refractivity contribution in [1.82, 2.24) is 5.32 Å². The lowest BCUT2D eigenvalue weighted by Gasteiger charge is -2.14. The van der Waals surface area contributed by atoms with Crippen molar-refractivity contribution in [1.29, 1.82) is 0 Å². The average Bonchev–Trinajstić information content (AvgIpc) is 2.91. The molecule has 0 aliphatic heterocycles. The number of amides is 1. The molecule has 0 heterocycles. The molecule has 3 N–H and O–H groups in total. The highest BCUT2D eigenvalue weighted by atomic mass is 31.2. The Kier molecular flexibility index (Phi) is 5.43. The first-order valence-electron chi connectivity index (χ1n) is 7.56. The molecule has 0 spiro atoms. The van der Waals surface area contributed by atoms with Crippen molar-refractivity contribution in [2.45, 2.75) is 5.92 Å². The summed E-state index contributed by atoms with van der Waals surface area (Å²) < 4.78 is 9.89. The molecular formula is C17H18NO5P. The van der Waals surface area contributed by atoms with Crippen LogP contribution >= 0.6 is 8.60 Å². The van der Waals surface area contributed by atoms with Crippen LogP contribution in [0, 0.1) is 0 Å². The van der Waals surface area contributed by atoms with E-state index in [2.05, 4.69) is 34.1 Å². The van der Waals surface area contributed by atoms with Crippen LogP contribution in [0.5, 0.6) is 0 Å². The van der Waals surface area contributed by atoms with Crippen LogP contribution in [0.25, 0.3) is 11.1 Å². The molecule has 0 saturated carbocycles. The van der Waals surface area contributed by atoms with E-state index >= 15 is 0 Å². The van der Waals surface area contributed by atoms with Gasteiger partial charge in [-0.05, 0) is 22.3 Å². The van der Waals surface area contributed by atoms with Crippen molar-refractivity contribution in [2.24, 2.45) is 0 Å². The zero-order valence-corrected chi connectivity index (χ0v) is 13.8. The van der Waals surface area contributed by atoms with E-state index in [1.165, 1.54) is 11.1 Å². The van der Waals surface area contributed by atoms with Crippen LogP contribution in [-0.2, 0) is 9.26 Å². The highest BCUT2D eigenvalue weighted by molar-refractivity contribution is 7.39. The van der Waals surface area contributed by atoms with E-state index < -0.39 is 14.7 Å². The van der Waals surface area contributed by atoms with Gasteiger partial charge in [-0.1, -0.05) is 48.5 Å². The Balaban J connectivity index is 1.60. The van der Waals surface area contributed by atoms with E-state index in [0.29, 0.717) is 0 Å². The van der Waals surface area contributed by atoms with Crippen LogP contribution in [0.2, 0.25) is 0 Å². The molecule has 2 aromatic carbocycles. The number of rotatable bonds is 6. The number of benzene rings is 2. The molecule has 3 rings (SSSR count). The summed E-state index contributed by atoms with van der Waals surface area (Å²) in [5.41, 5.74) is 4.66. The molecule has 0 bridgehead atoms. The van der Waals surface area contributed by atoms with E-state index in [9.17, 15) is 4.79 Å². The van der Waals surface area contributed by atoms with Crippen molar-refractivity contribution < 1.29 is 23.8 Å². The van der Waals surface area contributed by atoms with E-state index in [4.69, 9.17) is 14.5 Å². The summed E-state index contributed by atoms with van der Waals surface area (Å²) >= 11 is 0. The summed E-state index contributed by atoms with van der Waals surface area (Å²) in [6.45, 7) is 0.410. The third kappa shape index (κ3) is 3.74. The predicted molar refractivity (Wildman–Crippen MR) is 90.4 cm³/mol. The molecule has 0 unspecified atom stereocenters. The summed E-state index contributed by atoms with van der Waals surface area (Å²) in [5, 5.41) is 2.51. The first-order valence-corrected chi connectivity index (χ1v) is 8.73. The molecule has 1 aliphatic carbocycles. The zero-order valence-electron chi connectivity index (χ0n) is 12.9. The Morgan fingerprint density at radius 2 is 1.62 bits per heavy atom. The number of carbonyl (C=O) groups excluding carboxylic acids is 1. The van der Waals surface area contributed by atoms with Gasteiger partial charge in [0, 0.05) is 12.5 Å². The normalized spacial score (nSPS) is 12.8. The summed E-state index contributed by atoms with van der Waals surface area (Å²) in [6.07, 6.45) is -0.555. The fourth-order valence-electron chi connectivity index (χ4n) is 2.93. The molecule has 0 fully saturated rings. The van der Waals surface area contributed by atoms with Gasteiger partial charge in [0.15, 0.2) is 0 Å². The maximum atomic E-state index is 11.8. The molecule has 2 aromatic rings. The number of hydrogen-bond donors (Lipinski definition) is 3. The molecule has 24 heavy (non-hydrogen) atoms. The zero-order chi connectivity index (χ0) is 16.9. The third-order valence-electron chi connectivity index (χ3n) is 3.92. The molecule has 126 valence electrons. The second kappa shape index (κ2) is 7.73. The molecule has 1 aliphatic rings. The highest BCUT2D eigenvalue weighted by Crippen LogP contribution is 2.44. The third-order valence-corrected chi connectivity index (χ3v) is 4.34. The molecule has 0 atom stereocenters. The van der Waals surface area contributed by atoms with Crippen LogP contribution in [0.1, 0.15) is 17.0 Å². The van der Waals surface area contributed by atoms with Gasteiger partial charge in [-0.2, -0.15) is 0 Å². The molecule has 0 radical (unpaired) electrons. The van der Waals surface area contributed by atoms with Crippen molar-refractivity contribution in [3.63, 3.8) is 0 Å². The van der Waals surface area contributed by atoms with Gasteiger partial charge in [0.05, 0.1) is 6.61 Å². The monoisotopic (exact) mass is 347 g/mol. The van der Waals surface area contributed by atoms with Crippen molar-refractivity contribution >= 4 is 14.7 Å². The summed E-state index contributed by atoms with van der Waals surface area (Å²) in [4.78, 5) is 29.0. The predicted octanol–water partition coefficient (Wildman–Crippen LogP) is 2.75. The number of alkyl carbamates (subject to hydrolysis) is 1. The standard InChI is InChI=1S/C17H18NO5P/c19-17(18-9-10-23-24(20)21)22-11-16-14-7-3-1-5-12(14)13-6-2-4-8-15(13)16/h1-8,16,20-21H,9-11H2,(H,18,19). The molecule has 0 saturated heterocycles. The molecule has 0 aromatic heterocycles. The van der Waals surface area contributed by atoms with Gasteiger partial charge in [0.25, 0.3) is 0 Å². The molecule has 1 amide bonds. The number of nitrogens with one attached hydrogen (secondary N) is 1. The minimum absolute atomic E-state index is 0.0159. The molecular weight excluding hydrogens is 329 g/mol. The lowest BCUT2D eigenvalue weighted by molar-refractivity contribution is 0.140. The van der Waals surface area contributed by atoms with Gasteiger partial charge in [-0.25, -0.2) is 4.79 Å². The topological polar surface area (TPSA) is 88.0 Å². The van der Waals surface area contributed by atoms with Gasteiger partial charge in [0.2, 0.25) is 0 Å². The first-order chi connectivity index (χ1) is 11.7. The summed E-state index contributed by atoms with van der Waals surface area (Å²) in [6, 6.07) is 16.2. The summed E-state index contributed by atoms with van der Waals surface area (Å²) in [7, 11) is -2.40. The van der Waals surface area contributed by atoms with Gasteiger partial charge in [-0.3, -0.25) is 0 Å². The maximum absolute atomic E-state index is 11.8. The maximum Gasteiger partial charge on any atom is 0.407 e. The second-order valence-corrected chi connectivity index (χ2v) is 6.10. The average molecular weight is 347 g/mol. The number of carbonyl (C=O) groups is 1.